The average Bonchev–Trinajstić information content (AvgIpc) is 2.73. The van der Waals surface area contributed by atoms with Crippen LogP contribution in [0.3, 0.4) is 0 Å². The fourth-order valence-corrected chi connectivity index (χ4v) is 2.83. The monoisotopic (exact) mass is 380 g/mol. The number of hydrogen-bond donors (Lipinski definition) is 0. The molecule has 2 aliphatic heterocycles. The predicted molar refractivity (Wildman–Crippen MR) is 104 cm³/mol. The molecule has 1 fully saturated rings. The van der Waals surface area contributed by atoms with Crippen LogP contribution in [0.5, 0.6) is 0 Å². The molecule has 7 nitrogen and oxygen atoms in total. The Kier molecular flexibility index (Phi) is 6.02. The Morgan fingerprint density at radius 3 is 2.22 bits per heavy atom. The van der Waals surface area contributed by atoms with Gasteiger partial charge in [0.05, 0.1) is 11.2 Å². The number of amides is 2. The van der Waals surface area contributed by atoms with Crippen molar-refractivity contribution in [2.24, 2.45) is 0 Å². The lowest BCUT2D eigenvalue weighted by atomic mass is 9.75. The summed E-state index contributed by atoms with van der Waals surface area (Å²) >= 11 is 0. The van der Waals surface area contributed by atoms with E-state index in [-0.39, 0.29) is 30.8 Å². The highest BCUT2D eigenvalue weighted by Crippen LogP contribution is 2.39. The average molecular weight is 380 g/mol. The van der Waals surface area contributed by atoms with Gasteiger partial charge in [-0.15, -0.1) is 0 Å². The molecule has 0 unspecified atom stereocenters. The van der Waals surface area contributed by atoms with Gasteiger partial charge in [-0.2, -0.15) is 0 Å². The quantitative estimate of drug-likeness (QED) is 0.705. The van der Waals surface area contributed by atoms with Crippen molar-refractivity contribution in [3.05, 3.63) is 11.5 Å². The van der Waals surface area contributed by atoms with Gasteiger partial charge >= 0.3 is 13.2 Å². The van der Waals surface area contributed by atoms with Gasteiger partial charge in [-0.25, -0.2) is 4.79 Å². The number of carbonyl (C=O) groups is 2. The molecule has 0 saturated carbocycles. The first kappa shape index (κ1) is 21.8. The van der Waals surface area contributed by atoms with Gasteiger partial charge < -0.3 is 23.8 Å². The van der Waals surface area contributed by atoms with Gasteiger partial charge in [0.15, 0.2) is 0 Å². The van der Waals surface area contributed by atoms with Gasteiger partial charge in [0.25, 0.3) is 0 Å². The molecule has 2 rings (SSSR count). The number of rotatable bonds is 3. The summed E-state index contributed by atoms with van der Waals surface area (Å²) in [6, 6.07) is 0. The van der Waals surface area contributed by atoms with Crippen LogP contribution in [-0.2, 0) is 18.8 Å². The van der Waals surface area contributed by atoms with Crippen LogP contribution in [0.15, 0.2) is 11.5 Å². The fourth-order valence-electron chi connectivity index (χ4n) is 2.83. The highest BCUT2D eigenvalue weighted by Gasteiger charge is 2.52. The van der Waals surface area contributed by atoms with Crippen LogP contribution in [0, 0.1) is 0 Å². The van der Waals surface area contributed by atoms with Crippen molar-refractivity contribution in [1.82, 2.24) is 9.80 Å². The molecule has 0 bridgehead atoms. The van der Waals surface area contributed by atoms with E-state index >= 15 is 0 Å². The molecule has 2 heterocycles. The van der Waals surface area contributed by atoms with Crippen molar-refractivity contribution >= 4 is 19.1 Å². The third kappa shape index (κ3) is 5.26. The molecular formula is C19H33BN2O5. The van der Waals surface area contributed by atoms with Gasteiger partial charge in [-0.05, 0) is 60.4 Å². The number of nitrogens with zero attached hydrogens (tertiary/aromatic N) is 2. The molecule has 0 radical (unpaired) electrons. The SMILES string of the molecule is CN(CC(=O)N1CC=C(B2OC(C)(C)C(C)(C)O2)CC1)C(=O)OC(C)(C)C. The molecule has 0 aromatic rings. The first-order chi connectivity index (χ1) is 12.2. The Morgan fingerprint density at radius 1 is 1.22 bits per heavy atom. The Morgan fingerprint density at radius 2 is 1.78 bits per heavy atom. The molecule has 0 spiro atoms. The third-order valence-electron chi connectivity index (χ3n) is 5.23. The second kappa shape index (κ2) is 7.47. The molecule has 2 aliphatic rings. The van der Waals surface area contributed by atoms with Crippen molar-refractivity contribution in [2.45, 2.75) is 71.7 Å². The molecule has 2 amide bonds. The predicted octanol–water partition coefficient (Wildman–Crippen LogP) is 2.64. The maximum Gasteiger partial charge on any atom is 0.490 e. The van der Waals surface area contributed by atoms with E-state index in [1.165, 1.54) is 4.90 Å². The van der Waals surface area contributed by atoms with Crippen molar-refractivity contribution in [3.63, 3.8) is 0 Å². The zero-order valence-electron chi connectivity index (χ0n) is 17.9. The maximum atomic E-state index is 12.5. The van der Waals surface area contributed by atoms with Crippen molar-refractivity contribution in [3.8, 4) is 0 Å². The van der Waals surface area contributed by atoms with E-state index in [0.29, 0.717) is 19.5 Å². The minimum absolute atomic E-state index is 0.00538. The lowest BCUT2D eigenvalue weighted by Gasteiger charge is -2.32. The van der Waals surface area contributed by atoms with E-state index < -0.39 is 11.7 Å². The normalized spacial score (nSPS) is 21.7. The molecular weight excluding hydrogens is 347 g/mol. The second-order valence-electron chi connectivity index (χ2n) is 9.29. The number of carbonyl (C=O) groups excluding carboxylic acids is 2. The fraction of sp³-hybridized carbons (Fsp3) is 0.789. The van der Waals surface area contributed by atoms with Gasteiger partial charge in [-0.1, -0.05) is 6.08 Å². The lowest BCUT2D eigenvalue weighted by molar-refractivity contribution is -0.131. The molecule has 8 heteroatoms. The summed E-state index contributed by atoms with van der Waals surface area (Å²) in [7, 11) is 1.21. The van der Waals surface area contributed by atoms with Gasteiger partial charge in [0.1, 0.15) is 12.1 Å². The maximum absolute atomic E-state index is 12.5. The smallest absolute Gasteiger partial charge is 0.444 e. The topological polar surface area (TPSA) is 68.3 Å². The van der Waals surface area contributed by atoms with Crippen LogP contribution in [0.25, 0.3) is 0 Å². The molecule has 0 aromatic carbocycles. The first-order valence-electron chi connectivity index (χ1n) is 9.48. The lowest BCUT2D eigenvalue weighted by Crippen LogP contribution is -2.45. The Bertz CT molecular complexity index is 608. The molecule has 0 aromatic heterocycles. The van der Waals surface area contributed by atoms with Crippen LogP contribution >= 0.6 is 0 Å². The Labute approximate surface area is 163 Å². The third-order valence-corrected chi connectivity index (χ3v) is 5.23. The number of ether oxygens (including phenoxy) is 1. The van der Waals surface area contributed by atoms with Crippen LogP contribution in [0.2, 0.25) is 0 Å². The minimum Gasteiger partial charge on any atom is -0.444 e. The van der Waals surface area contributed by atoms with Gasteiger partial charge in [-0.3, -0.25) is 4.79 Å². The molecule has 0 aliphatic carbocycles. The standard InChI is InChI=1S/C19H33BN2O5/c1-17(2,3)25-16(24)21(8)13-15(23)22-11-9-14(10-12-22)20-26-18(4,5)19(6,7)27-20/h9H,10-13H2,1-8H3. The molecule has 0 N–H and O–H groups in total. The summed E-state index contributed by atoms with van der Waals surface area (Å²) in [5, 5.41) is 0. The van der Waals surface area contributed by atoms with E-state index in [2.05, 4.69) is 0 Å². The molecule has 152 valence electrons. The van der Waals surface area contributed by atoms with Crippen LogP contribution in [0.1, 0.15) is 54.9 Å². The zero-order chi connectivity index (χ0) is 20.6. The van der Waals surface area contributed by atoms with Gasteiger partial charge in [0, 0.05) is 20.1 Å². The summed E-state index contributed by atoms with van der Waals surface area (Å²) < 4.78 is 17.4. The summed E-state index contributed by atoms with van der Waals surface area (Å²) in [5.74, 6) is -0.104. The van der Waals surface area contributed by atoms with Crippen LogP contribution in [0.4, 0.5) is 4.79 Å². The summed E-state index contributed by atoms with van der Waals surface area (Å²) in [6.07, 6.45) is 2.19. The molecule has 0 atom stereocenters. The highest BCUT2D eigenvalue weighted by molar-refractivity contribution is 6.54. The van der Waals surface area contributed by atoms with Crippen molar-refractivity contribution in [1.29, 1.82) is 0 Å². The summed E-state index contributed by atoms with van der Waals surface area (Å²) in [4.78, 5) is 27.5. The largest absolute Gasteiger partial charge is 0.490 e. The van der Waals surface area contributed by atoms with E-state index in [1.54, 1.807) is 32.7 Å². The van der Waals surface area contributed by atoms with Crippen molar-refractivity contribution < 1.29 is 23.6 Å². The van der Waals surface area contributed by atoms with E-state index in [0.717, 1.165) is 5.47 Å². The van der Waals surface area contributed by atoms with E-state index in [1.807, 2.05) is 33.8 Å². The first-order valence-corrected chi connectivity index (χ1v) is 9.48. The number of hydrogen-bond acceptors (Lipinski definition) is 5. The zero-order valence-corrected chi connectivity index (χ0v) is 17.9. The molecule has 27 heavy (non-hydrogen) atoms. The summed E-state index contributed by atoms with van der Waals surface area (Å²) in [5.41, 5.74) is -0.262. The number of likely N-dealkylation sites (N-methyl/N-ethyl adjacent to an activating group) is 1. The Balaban J connectivity index is 1.89. The van der Waals surface area contributed by atoms with Crippen LogP contribution < -0.4 is 0 Å². The van der Waals surface area contributed by atoms with Crippen molar-refractivity contribution in [2.75, 3.05) is 26.7 Å². The van der Waals surface area contributed by atoms with Crippen LogP contribution in [-0.4, -0.2) is 72.4 Å². The molecule has 1 saturated heterocycles. The Hall–Kier alpha value is -1.54. The van der Waals surface area contributed by atoms with E-state index in [4.69, 9.17) is 14.0 Å². The highest BCUT2D eigenvalue weighted by atomic mass is 16.7. The van der Waals surface area contributed by atoms with Gasteiger partial charge in [0.2, 0.25) is 5.91 Å². The van der Waals surface area contributed by atoms with E-state index in [9.17, 15) is 9.59 Å². The minimum atomic E-state index is -0.583. The summed E-state index contributed by atoms with van der Waals surface area (Å²) in [6.45, 7) is 14.6. The second-order valence-corrected chi connectivity index (χ2v) is 9.29.